The maximum absolute atomic E-state index is 11.6. The van der Waals surface area contributed by atoms with Gasteiger partial charge >= 0.3 is 5.97 Å². The molecule has 1 aliphatic heterocycles. The standard InChI is InChI=1S/C21H21N3O3S/c1-13-23-17(22-11-21-8-7-20(10-21,12-27-21)19(25)26)15-9-16(28-18(15)24-13)14-5-3-2-4-6-14/h2-6,9H,7-8,10-12H2,1H3,(H,25,26)(H,22,23,24). The van der Waals surface area contributed by atoms with Gasteiger partial charge in [0.2, 0.25) is 0 Å². The van der Waals surface area contributed by atoms with E-state index < -0.39 is 17.0 Å². The summed E-state index contributed by atoms with van der Waals surface area (Å²) >= 11 is 1.65. The average Bonchev–Trinajstić information content (AvgIpc) is 3.39. The predicted molar refractivity (Wildman–Crippen MR) is 109 cm³/mol. The smallest absolute Gasteiger partial charge is 0.312 e. The lowest BCUT2D eigenvalue weighted by Crippen LogP contribution is -2.35. The lowest BCUT2D eigenvalue weighted by molar-refractivity contribution is -0.150. The first-order valence-electron chi connectivity index (χ1n) is 9.44. The molecule has 1 aliphatic carbocycles. The van der Waals surface area contributed by atoms with E-state index in [4.69, 9.17) is 4.74 Å². The zero-order valence-corrected chi connectivity index (χ0v) is 16.4. The second-order valence-corrected chi connectivity index (χ2v) is 8.93. The van der Waals surface area contributed by atoms with E-state index in [2.05, 4.69) is 33.5 Å². The minimum absolute atomic E-state index is 0.304. The van der Waals surface area contributed by atoms with E-state index in [9.17, 15) is 9.90 Å². The highest BCUT2D eigenvalue weighted by molar-refractivity contribution is 7.21. The zero-order valence-electron chi connectivity index (χ0n) is 15.6. The highest BCUT2D eigenvalue weighted by Crippen LogP contribution is 2.53. The van der Waals surface area contributed by atoms with Crippen molar-refractivity contribution >= 4 is 33.3 Å². The summed E-state index contributed by atoms with van der Waals surface area (Å²) in [5.74, 6) is 0.767. The van der Waals surface area contributed by atoms with Crippen LogP contribution >= 0.6 is 11.3 Å². The van der Waals surface area contributed by atoms with Gasteiger partial charge in [-0.05, 0) is 37.8 Å². The van der Waals surface area contributed by atoms with Crippen molar-refractivity contribution in [3.8, 4) is 10.4 Å². The number of hydrogen-bond acceptors (Lipinski definition) is 6. The molecule has 2 N–H and O–H groups in total. The molecule has 0 amide bonds. The Labute approximate surface area is 166 Å². The minimum atomic E-state index is -0.738. The molecular weight excluding hydrogens is 374 g/mol. The Kier molecular flexibility index (Phi) is 3.93. The fourth-order valence-electron chi connectivity index (χ4n) is 4.40. The Hall–Kier alpha value is -2.51. The van der Waals surface area contributed by atoms with Crippen LogP contribution in [0.3, 0.4) is 0 Å². The van der Waals surface area contributed by atoms with Gasteiger partial charge in [0.1, 0.15) is 16.5 Å². The fourth-order valence-corrected chi connectivity index (χ4v) is 5.48. The number of hydrogen-bond donors (Lipinski definition) is 2. The molecule has 3 aromatic rings. The fraction of sp³-hybridized carbons (Fsp3) is 0.381. The van der Waals surface area contributed by atoms with E-state index in [-0.39, 0.29) is 0 Å². The van der Waals surface area contributed by atoms with E-state index in [0.717, 1.165) is 32.9 Å². The number of fused-ring (bicyclic) bond motifs is 3. The number of aliphatic carboxylic acids is 1. The molecule has 5 rings (SSSR count). The van der Waals surface area contributed by atoms with Crippen LogP contribution < -0.4 is 5.32 Å². The Bertz CT molecular complexity index is 1060. The van der Waals surface area contributed by atoms with Crippen molar-refractivity contribution in [1.82, 2.24) is 9.97 Å². The van der Waals surface area contributed by atoms with Gasteiger partial charge in [0.25, 0.3) is 0 Å². The summed E-state index contributed by atoms with van der Waals surface area (Å²) in [6.07, 6.45) is 2.01. The first-order valence-corrected chi connectivity index (χ1v) is 10.3. The van der Waals surface area contributed by atoms with E-state index in [0.29, 0.717) is 31.8 Å². The van der Waals surface area contributed by atoms with Gasteiger partial charge < -0.3 is 15.2 Å². The van der Waals surface area contributed by atoms with E-state index in [1.165, 1.54) is 0 Å². The number of carbonyl (C=O) groups is 1. The zero-order chi connectivity index (χ0) is 19.4. The normalized spacial score (nSPS) is 26.0. The molecule has 7 heteroatoms. The lowest BCUT2D eigenvalue weighted by atomic mass is 9.88. The number of carboxylic acids is 1. The van der Waals surface area contributed by atoms with Crippen LogP contribution in [0.2, 0.25) is 0 Å². The van der Waals surface area contributed by atoms with Crippen LogP contribution in [0.5, 0.6) is 0 Å². The third-order valence-corrected chi connectivity index (χ3v) is 7.05. The molecule has 1 saturated heterocycles. The maximum Gasteiger partial charge on any atom is 0.312 e. The van der Waals surface area contributed by atoms with Crippen molar-refractivity contribution in [3.63, 3.8) is 0 Å². The SMILES string of the molecule is Cc1nc(NCC23CCC(C(=O)O)(CO2)C3)c2cc(-c3ccccc3)sc2n1. The van der Waals surface area contributed by atoms with Crippen LogP contribution in [0.1, 0.15) is 25.1 Å². The van der Waals surface area contributed by atoms with Crippen molar-refractivity contribution in [3.05, 3.63) is 42.2 Å². The molecule has 2 aromatic heterocycles. The maximum atomic E-state index is 11.6. The molecule has 2 unspecified atom stereocenters. The molecule has 6 nitrogen and oxygen atoms in total. The van der Waals surface area contributed by atoms with Gasteiger partial charge in [-0.2, -0.15) is 0 Å². The third kappa shape index (κ3) is 2.77. The van der Waals surface area contributed by atoms with Crippen LogP contribution in [-0.4, -0.2) is 39.8 Å². The molecule has 2 bridgehead atoms. The molecular formula is C21H21N3O3S. The number of anilines is 1. The third-order valence-electron chi connectivity index (χ3n) is 5.97. The monoisotopic (exact) mass is 395 g/mol. The molecule has 2 aliphatic rings. The van der Waals surface area contributed by atoms with Crippen molar-refractivity contribution in [2.24, 2.45) is 5.41 Å². The Morgan fingerprint density at radius 1 is 1.29 bits per heavy atom. The molecule has 1 saturated carbocycles. The second kappa shape index (κ2) is 6.25. The van der Waals surface area contributed by atoms with Gasteiger partial charge in [0.15, 0.2) is 0 Å². The van der Waals surface area contributed by atoms with Gasteiger partial charge in [-0.3, -0.25) is 4.79 Å². The minimum Gasteiger partial charge on any atom is -0.481 e. The first kappa shape index (κ1) is 17.6. The number of carboxylic acid groups (broad SMARTS) is 1. The topological polar surface area (TPSA) is 84.3 Å². The summed E-state index contributed by atoms with van der Waals surface area (Å²) in [4.78, 5) is 23.0. The molecule has 144 valence electrons. The van der Waals surface area contributed by atoms with Crippen LogP contribution in [0, 0.1) is 12.3 Å². The van der Waals surface area contributed by atoms with Crippen LogP contribution in [0.25, 0.3) is 20.7 Å². The summed E-state index contributed by atoms with van der Waals surface area (Å²) in [5.41, 5.74) is 0.0393. The Balaban J connectivity index is 1.43. The highest BCUT2D eigenvalue weighted by atomic mass is 32.1. The summed E-state index contributed by atoms with van der Waals surface area (Å²) < 4.78 is 5.96. The number of aryl methyl sites for hydroxylation is 1. The number of nitrogens with one attached hydrogen (secondary N) is 1. The molecule has 3 heterocycles. The van der Waals surface area contributed by atoms with E-state index in [1.54, 1.807) is 11.3 Å². The first-order chi connectivity index (χ1) is 13.5. The van der Waals surface area contributed by atoms with Crippen molar-refractivity contribution in [1.29, 1.82) is 0 Å². The number of thiophene rings is 1. The Morgan fingerprint density at radius 2 is 2.11 bits per heavy atom. The molecule has 0 radical (unpaired) electrons. The number of benzene rings is 1. The van der Waals surface area contributed by atoms with Crippen molar-refractivity contribution in [2.75, 3.05) is 18.5 Å². The van der Waals surface area contributed by atoms with Crippen molar-refractivity contribution < 1.29 is 14.6 Å². The molecule has 28 heavy (non-hydrogen) atoms. The quantitative estimate of drug-likeness (QED) is 0.677. The van der Waals surface area contributed by atoms with E-state index >= 15 is 0 Å². The Morgan fingerprint density at radius 3 is 2.79 bits per heavy atom. The average molecular weight is 395 g/mol. The summed E-state index contributed by atoms with van der Waals surface area (Å²) in [6, 6.07) is 12.4. The summed E-state index contributed by atoms with van der Waals surface area (Å²) in [7, 11) is 0. The van der Waals surface area contributed by atoms with E-state index in [1.807, 2.05) is 25.1 Å². The largest absolute Gasteiger partial charge is 0.481 e. The van der Waals surface area contributed by atoms with Crippen LogP contribution in [0.4, 0.5) is 5.82 Å². The molecule has 0 spiro atoms. The summed E-state index contributed by atoms with van der Waals surface area (Å²) in [6.45, 7) is 2.75. The lowest BCUT2D eigenvalue weighted by Gasteiger charge is -2.27. The molecule has 2 fully saturated rings. The van der Waals surface area contributed by atoms with Crippen LogP contribution in [-0.2, 0) is 9.53 Å². The van der Waals surface area contributed by atoms with Gasteiger partial charge in [-0.25, -0.2) is 9.97 Å². The van der Waals surface area contributed by atoms with Crippen molar-refractivity contribution in [2.45, 2.75) is 31.8 Å². The molecule has 1 aromatic carbocycles. The van der Waals surface area contributed by atoms with Gasteiger partial charge in [0.05, 0.1) is 23.0 Å². The number of rotatable bonds is 5. The number of ether oxygens (including phenoxy) is 1. The second-order valence-electron chi connectivity index (χ2n) is 7.90. The highest BCUT2D eigenvalue weighted by Gasteiger charge is 2.59. The predicted octanol–water partition coefficient (Wildman–Crippen LogP) is 4.10. The van der Waals surface area contributed by atoms with Gasteiger partial charge in [-0.15, -0.1) is 11.3 Å². The van der Waals surface area contributed by atoms with Crippen LogP contribution in [0.15, 0.2) is 36.4 Å². The number of aromatic nitrogens is 2. The summed E-state index contributed by atoms with van der Waals surface area (Å²) in [5, 5.41) is 14.0. The van der Waals surface area contributed by atoms with Gasteiger partial charge in [0, 0.05) is 11.4 Å². The number of nitrogens with zero attached hydrogens (tertiary/aromatic N) is 2. The van der Waals surface area contributed by atoms with Gasteiger partial charge in [-0.1, -0.05) is 30.3 Å². The molecule has 2 atom stereocenters.